The fraction of sp³-hybridized carbons (Fsp3) is 0.524. The maximum atomic E-state index is 12.1. The average molecular weight is 398 g/mol. The fourth-order valence-corrected chi connectivity index (χ4v) is 3.43. The number of nitrogens with zero attached hydrogens (tertiary/aromatic N) is 4. The summed E-state index contributed by atoms with van der Waals surface area (Å²) in [4.78, 5) is 23.0. The van der Waals surface area contributed by atoms with Crippen LogP contribution in [0.25, 0.3) is 11.4 Å². The predicted molar refractivity (Wildman–Crippen MR) is 114 cm³/mol. The van der Waals surface area contributed by atoms with Crippen molar-refractivity contribution in [3.05, 3.63) is 36.2 Å². The van der Waals surface area contributed by atoms with E-state index in [2.05, 4.69) is 49.9 Å². The van der Waals surface area contributed by atoms with Gasteiger partial charge in [-0.15, -0.1) is 0 Å². The van der Waals surface area contributed by atoms with E-state index in [0.717, 1.165) is 74.8 Å². The third-order valence-corrected chi connectivity index (χ3v) is 4.95. The highest BCUT2D eigenvalue weighted by atomic mass is 16.2. The number of likely N-dealkylation sites (tertiary alicyclic amines) is 1. The highest BCUT2D eigenvalue weighted by Gasteiger charge is 2.15. The summed E-state index contributed by atoms with van der Waals surface area (Å²) in [5, 5.41) is 13.4. The molecule has 3 rings (SSSR count). The van der Waals surface area contributed by atoms with E-state index in [0.29, 0.717) is 18.9 Å². The normalized spacial score (nSPS) is 15.3. The molecule has 0 aliphatic carbocycles. The van der Waals surface area contributed by atoms with Crippen molar-refractivity contribution in [2.75, 3.05) is 26.2 Å². The van der Waals surface area contributed by atoms with Gasteiger partial charge >= 0.3 is 0 Å². The van der Waals surface area contributed by atoms with Gasteiger partial charge in [0.05, 0.1) is 6.54 Å². The number of rotatable bonds is 8. The summed E-state index contributed by atoms with van der Waals surface area (Å²) in [5.41, 5.74) is 2.10. The van der Waals surface area contributed by atoms with Crippen LogP contribution in [0.3, 0.4) is 0 Å². The number of hydrogen-bond donors (Lipinski definition) is 3. The molecule has 1 aromatic carbocycles. The van der Waals surface area contributed by atoms with E-state index in [1.807, 2.05) is 17.0 Å². The third-order valence-electron chi connectivity index (χ3n) is 4.95. The first-order valence-corrected chi connectivity index (χ1v) is 10.5. The zero-order chi connectivity index (χ0) is 20.3. The van der Waals surface area contributed by atoms with E-state index in [1.54, 1.807) is 0 Å². The van der Waals surface area contributed by atoms with Gasteiger partial charge in [0, 0.05) is 38.2 Å². The highest BCUT2D eigenvalue weighted by molar-refractivity contribution is 5.79. The fourth-order valence-electron chi connectivity index (χ4n) is 3.43. The molecule has 156 valence electrons. The summed E-state index contributed by atoms with van der Waals surface area (Å²) in [6.45, 7) is 5.92. The lowest BCUT2D eigenvalue weighted by Crippen LogP contribution is -2.39. The summed E-state index contributed by atoms with van der Waals surface area (Å²) < 4.78 is 0. The van der Waals surface area contributed by atoms with Crippen molar-refractivity contribution < 1.29 is 4.79 Å². The lowest BCUT2D eigenvalue weighted by molar-refractivity contribution is -0.130. The molecule has 2 aromatic rings. The van der Waals surface area contributed by atoms with E-state index >= 15 is 0 Å². The van der Waals surface area contributed by atoms with Crippen LogP contribution in [0.1, 0.15) is 44.6 Å². The zero-order valence-electron chi connectivity index (χ0n) is 17.2. The van der Waals surface area contributed by atoms with Crippen LogP contribution in [0.15, 0.2) is 35.6 Å². The number of aromatic amines is 1. The Hall–Kier alpha value is -2.90. The van der Waals surface area contributed by atoms with Gasteiger partial charge in [0.15, 0.2) is 11.8 Å². The summed E-state index contributed by atoms with van der Waals surface area (Å²) in [7, 11) is 0. The molecule has 1 amide bonds. The molecule has 0 spiro atoms. The van der Waals surface area contributed by atoms with Gasteiger partial charge in [0.1, 0.15) is 6.33 Å². The van der Waals surface area contributed by atoms with E-state index in [4.69, 9.17) is 0 Å². The van der Waals surface area contributed by atoms with Gasteiger partial charge in [-0.25, -0.2) is 9.98 Å². The first-order valence-electron chi connectivity index (χ1n) is 10.5. The Labute approximate surface area is 172 Å². The topological polar surface area (TPSA) is 98.3 Å². The van der Waals surface area contributed by atoms with Crippen LogP contribution >= 0.6 is 0 Å². The minimum atomic E-state index is 0.301. The average Bonchev–Trinajstić information content (AvgIpc) is 3.20. The molecule has 0 saturated carbocycles. The van der Waals surface area contributed by atoms with Crippen LogP contribution in [0.2, 0.25) is 0 Å². The number of H-pyrrole nitrogens is 1. The van der Waals surface area contributed by atoms with Crippen molar-refractivity contribution in [1.29, 1.82) is 0 Å². The van der Waals surface area contributed by atoms with Crippen LogP contribution in [0.5, 0.6) is 0 Å². The van der Waals surface area contributed by atoms with Crippen molar-refractivity contribution in [2.45, 2.75) is 45.6 Å². The number of amides is 1. The molecule has 3 N–H and O–H groups in total. The maximum Gasteiger partial charge on any atom is 0.222 e. The quantitative estimate of drug-likeness (QED) is 0.361. The molecule has 8 heteroatoms. The van der Waals surface area contributed by atoms with Crippen LogP contribution in [0.4, 0.5) is 0 Å². The van der Waals surface area contributed by atoms with Gasteiger partial charge in [-0.3, -0.25) is 9.89 Å². The Kier molecular flexibility index (Phi) is 8.03. The van der Waals surface area contributed by atoms with E-state index < -0.39 is 0 Å². The molecule has 2 heterocycles. The lowest BCUT2D eigenvalue weighted by atomic mass is 10.1. The van der Waals surface area contributed by atoms with Crippen molar-refractivity contribution in [3.63, 3.8) is 0 Å². The minimum Gasteiger partial charge on any atom is -0.357 e. The number of guanidine groups is 1. The number of benzene rings is 1. The Morgan fingerprint density at radius 1 is 1.28 bits per heavy atom. The standard InChI is InChI=1S/C21H31N7O/c1-2-22-21(23-11-7-13-28-12-5-3-4-10-19(28)29)24-15-17-8-6-9-18(14-17)20-25-16-26-27-20/h6,8-9,14,16H,2-5,7,10-13,15H2,1H3,(H2,22,23,24)(H,25,26,27). The third kappa shape index (κ3) is 6.58. The molecule has 1 fully saturated rings. The minimum absolute atomic E-state index is 0.301. The van der Waals surface area contributed by atoms with Gasteiger partial charge in [-0.05, 0) is 37.8 Å². The largest absolute Gasteiger partial charge is 0.357 e. The molecule has 8 nitrogen and oxygen atoms in total. The van der Waals surface area contributed by atoms with Crippen LogP contribution in [-0.2, 0) is 11.3 Å². The lowest BCUT2D eigenvalue weighted by Gasteiger charge is -2.20. The number of aromatic nitrogens is 3. The molecular weight excluding hydrogens is 366 g/mol. The smallest absolute Gasteiger partial charge is 0.222 e. The molecule has 1 aliphatic heterocycles. The Bertz CT molecular complexity index is 788. The Morgan fingerprint density at radius 2 is 2.21 bits per heavy atom. The molecule has 1 saturated heterocycles. The summed E-state index contributed by atoms with van der Waals surface area (Å²) in [6, 6.07) is 8.12. The number of aliphatic imine (C=N–C) groups is 1. The van der Waals surface area contributed by atoms with Crippen molar-refractivity contribution in [3.8, 4) is 11.4 Å². The predicted octanol–water partition coefficient (Wildman–Crippen LogP) is 2.32. The first-order chi connectivity index (χ1) is 14.3. The SMILES string of the molecule is CCNC(=NCc1cccc(-c2ncn[nH]2)c1)NCCCN1CCCCCC1=O. The number of hydrogen-bond acceptors (Lipinski definition) is 4. The summed E-state index contributed by atoms with van der Waals surface area (Å²) >= 11 is 0. The van der Waals surface area contributed by atoms with Crippen molar-refractivity contribution in [2.24, 2.45) is 4.99 Å². The summed E-state index contributed by atoms with van der Waals surface area (Å²) in [5.74, 6) is 1.85. The van der Waals surface area contributed by atoms with Gasteiger partial charge in [-0.1, -0.05) is 24.6 Å². The molecule has 1 aliphatic rings. The molecule has 0 bridgehead atoms. The van der Waals surface area contributed by atoms with Crippen molar-refractivity contribution >= 4 is 11.9 Å². The van der Waals surface area contributed by atoms with Crippen LogP contribution < -0.4 is 10.6 Å². The first kappa shape index (κ1) is 20.8. The zero-order valence-corrected chi connectivity index (χ0v) is 17.2. The van der Waals surface area contributed by atoms with Gasteiger partial charge < -0.3 is 15.5 Å². The van der Waals surface area contributed by atoms with E-state index in [1.165, 1.54) is 6.33 Å². The van der Waals surface area contributed by atoms with Gasteiger partial charge in [0.2, 0.25) is 5.91 Å². The molecule has 1 aromatic heterocycles. The summed E-state index contributed by atoms with van der Waals surface area (Å²) in [6.07, 6.45) is 6.43. The highest BCUT2D eigenvalue weighted by Crippen LogP contribution is 2.16. The van der Waals surface area contributed by atoms with Crippen molar-refractivity contribution in [1.82, 2.24) is 30.7 Å². The Balaban J connectivity index is 1.49. The Morgan fingerprint density at radius 3 is 3.03 bits per heavy atom. The van der Waals surface area contributed by atoms with Gasteiger partial charge in [0.25, 0.3) is 0 Å². The molecule has 29 heavy (non-hydrogen) atoms. The van der Waals surface area contributed by atoms with E-state index in [9.17, 15) is 4.79 Å². The number of carbonyl (C=O) groups is 1. The second kappa shape index (κ2) is 11.2. The molecule has 0 unspecified atom stereocenters. The molecule has 0 atom stereocenters. The monoisotopic (exact) mass is 397 g/mol. The second-order valence-electron chi connectivity index (χ2n) is 7.20. The van der Waals surface area contributed by atoms with Crippen LogP contribution in [0, 0.1) is 0 Å². The van der Waals surface area contributed by atoms with E-state index in [-0.39, 0.29) is 0 Å². The maximum absolute atomic E-state index is 12.1. The second-order valence-corrected chi connectivity index (χ2v) is 7.20. The molecular formula is C21H31N7O. The number of carbonyl (C=O) groups excluding carboxylic acids is 1. The molecule has 0 radical (unpaired) electrons. The number of nitrogens with one attached hydrogen (secondary N) is 3. The van der Waals surface area contributed by atoms with Gasteiger partial charge in [-0.2, -0.15) is 5.10 Å². The van der Waals surface area contributed by atoms with Crippen LogP contribution in [-0.4, -0.2) is 58.1 Å².